The maximum Gasteiger partial charge on any atom is 0.338 e. The van der Waals surface area contributed by atoms with Gasteiger partial charge in [0.05, 0.1) is 35.6 Å². The van der Waals surface area contributed by atoms with Crippen LogP contribution in [0.5, 0.6) is 5.75 Å². The highest BCUT2D eigenvalue weighted by Gasteiger charge is 2.35. The van der Waals surface area contributed by atoms with Gasteiger partial charge >= 0.3 is 5.97 Å². The van der Waals surface area contributed by atoms with E-state index in [9.17, 15) is 9.59 Å². The fourth-order valence-electron chi connectivity index (χ4n) is 4.59. The molecule has 0 radical (unpaired) electrons. The van der Waals surface area contributed by atoms with Gasteiger partial charge in [0.25, 0.3) is 5.56 Å². The van der Waals surface area contributed by atoms with Crippen LogP contribution in [0, 0.1) is 0 Å². The van der Waals surface area contributed by atoms with Gasteiger partial charge in [-0.1, -0.05) is 53.8 Å². The standard InChI is InChI=1S/C31H24N4O5S2/c1-3-39-29(37)25-26(19-9-5-4-6-10-19)34-31-35(27(25)20-11-7-12-21(17-20)38-2)28(36)23(41-31)18-22-13-14-24(40-22)42-30-32-15-8-16-33-30/h4-18,27H,3H2,1-2H3/b23-18+/t27-/m1/s1. The van der Waals surface area contributed by atoms with Crippen molar-refractivity contribution >= 4 is 40.8 Å². The quantitative estimate of drug-likeness (QED) is 0.191. The summed E-state index contributed by atoms with van der Waals surface area (Å²) in [5, 5.41) is 1.14. The number of fused-ring (bicyclic) bond motifs is 1. The summed E-state index contributed by atoms with van der Waals surface area (Å²) in [5.41, 5.74) is 1.84. The van der Waals surface area contributed by atoms with E-state index >= 15 is 0 Å². The minimum Gasteiger partial charge on any atom is -0.497 e. The van der Waals surface area contributed by atoms with E-state index < -0.39 is 12.0 Å². The van der Waals surface area contributed by atoms with Crippen LogP contribution in [0.4, 0.5) is 0 Å². The molecule has 1 atom stereocenters. The molecule has 0 saturated carbocycles. The number of hydrogen-bond acceptors (Lipinski definition) is 10. The lowest BCUT2D eigenvalue weighted by Gasteiger charge is -2.26. The third-order valence-corrected chi connectivity index (χ3v) is 8.19. The summed E-state index contributed by atoms with van der Waals surface area (Å²) < 4.78 is 18.9. The zero-order valence-electron chi connectivity index (χ0n) is 22.6. The SMILES string of the molecule is CCOC(=O)C1=C(c2ccccc2)N=c2s/c(=C/c3ccc(Sc4ncccn4)o3)c(=O)n2[C@@H]1c1cccc(OC)c1. The summed E-state index contributed by atoms with van der Waals surface area (Å²) in [7, 11) is 1.57. The van der Waals surface area contributed by atoms with Gasteiger partial charge in [0, 0.05) is 24.0 Å². The number of carbonyl (C=O) groups excluding carboxylic acids is 1. The van der Waals surface area contributed by atoms with Crippen LogP contribution in [0.1, 0.15) is 29.9 Å². The molecule has 0 aliphatic carbocycles. The average molecular weight is 597 g/mol. The number of benzene rings is 2. The first-order valence-electron chi connectivity index (χ1n) is 13.0. The summed E-state index contributed by atoms with van der Waals surface area (Å²) in [6, 6.07) is 21.3. The Hall–Kier alpha value is -4.74. The molecule has 0 bridgehead atoms. The Morgan fingerprint density at radius 1 is 1.07 bits per heavy atom. The third kappa shape index (κ3) is 5.44. The molecule has 11 heteroatoms. The van der Waals surface area contributed by atoms with Crippen LogP contribution in [-0.4, -0.2) is 34.2 Å². The van der Waals surface area contributed by atoms with Crippen molar-refractivity contribution in [1.82, 2.24) is 14.5 Å². The molecule has 42 heavy (non-hydrogen) atoms. The van der Waals surface area contributed by atoms with Crippen LogP contribution in [0.3, 0.4) is 0 Å². The second kappa shape index (κ2) is 12.0. The Balaban J connectivity index is 1.53. The van der Waals surface area contributed by atoms with Crippen molar-refractivity contribution in [1.29, 1.82) is 0 Å². The molecule has 4 heterocycles. The molecule has 9 nitrogen and oxygen atoms in total. The van der Waals surface area contributed by atoms with Crippen molar-refractivity contribution in [3.05, 3.63) is 127 Å². The Morgan fingerprint density at radius 2 is 1.88 bits per heavy atom. The van der Waals surface area contributed by atoms with Crippen LogP contribution < -0.4 is 19.6 Å². The number of furan rings is 1. The molecule has 2 aromatic carbocycles. The summed E-state index contributed by atoms with van der Waals surface area (Å²) >= 11 is 2.50. The first-order valence-corrected chi connectivity index (χ1v) is 14.7. The summed E-state index contributed by atoms with van der Waals surface area (Å²) in [4.78, 5) is 41.3. The largest absolute Gasteiger partial charge is 0.497 e. The lowest BCUT2D eigenvalue weighted by Crippen LogP contribution is -2.40. The van der Waals surface area contributed by atoms with Crippen molar-refractivity contribution in [3.8, 4) is 5.75 Å². The molecule has 1 aliphatic heterocycles. The Labute approximate surface area is 248 Å². The number of hydrogen-bond donors (Lipinski definition) is 0. The molecule has 5 aromatic rings. The fourth-order valence-corrected chi connectivity index (χ4v) is 6.25. The normalized spacial score (nSPS) is 14.8. The molecular formula is C31H24N4O5S2. The van der Waals surface area contributed by atoms with Gasteiger partial charge in [-0.05, 0) is 54.6 Å². The van der Waals surface area contributed by atoms with Crippen molar-refractivity contribution in [2.75, 3.05) is 13.7 Å². The topological polar surface area (TPSA) is 109 Å². The average Bonchev–Trinajstić information content (AvgIpc) is 3.60. The predicted molar refractivity (Wildman–Crippen MR) is 159 cm³/mol. The molecule has 0 unspecified atom stereocenters. The van der Waals surface area contributed by atoms with E-state index in [-0.39, 0.29) is 17.7 Å². The zero-order valence-corrected chi connectivity index (χ0v) is 24.2. The van der Waals surface area contributed by atoms with E-state index in [0.29, 0.717) is 42.4 Å². The highest BCUT2D eigenvalue weighted by atomic mass is 32.2. The molecule has 0 amide bonds. The maximum absolute atomic E-state index is 14.0. The number of ether oxygens (including phenoxy) is 2. The van der Waals surface area contributed by atoms with Gasteiger partial charge < -0.3 is 13.9 Å². The van der Waals surface area contributed by atoms with Gasteiger partial charge in [0.2, 0.25) is 0 Å². The number of esters is 1. The molecule has 6 rings (SSSR count). The van der Waals surface area contributed by atoms with Gasteiger partial charge in [0.15, 0.2) is 15.1 Å². The van der Waals surface area contributed by atoms with Crippen LogP contribution in [0.15, 0.2) is 115 Å². The Bertz CT molecular complexity index is 1960. The number of aromatic nitrogens is 3. The van der Waals surface area contributed by atoms with E-state index in [4.69, 9.17) is 18.9 Å². The summed E-state index contributed by atoms with van der Waals surface area (Å²) in [6.07, 6.45) is 5.00. The number of nitrogens with zero attached hydrogens (tertiary/aromatic N) is 4. The van der Waals surface area contributed by atoms with E-state index in [1.165, 1.54) is 23.1 Å². The lowest BCUT2D eigenvalue weighted by atomic mass is 9.93. The summed E-state index contributed by atoms with van der Waals surface area (Å²) in [5.74, 6) is 0.543. The molecule has 210 valence electrons. The number of thiazole rings is 1. The van der Waals surface area contributed by atoms with Crippen LogP contribution in [0.2, 0.25) is 0 Å². The molecule has 0 saturated heterocycles. The van der Waals surface area contributed by atoms with E-state index in [0.717, 1.165) is 5.56 Å². The van der Waals surface area contributed by atoms with Gasteiger partial charge in [0.1, 0.15) is 11.5 Å². The van der Waals surface area contributed by atoms with E-state index in [2.05, 4.69) is 9.97 Å². The van der Waals surface area contributed by atoms with Crippen molar-refractivity contribution in [2.45, 2.75) is 23.2 Å². The Morgan fingerprint density at radius 3 is 2.64 bits per heavy atom. The second-order valence-corrected chi connectivity index (χ2v) is 11.0. The molecular weight excluding hydrogens is 572 g/mol. The Kier molecular flexibility index (Phi) is 7.85. The first-order chi connectivity index (χ1) is 20.6. The van der Waals surface area contributed by atoms with Gasteiger partial charge in [-0.2, -0.15) is 0 Å². The van der Waals surface area contributed by atoms with E-state index in [1.54, 1.807) is 55.3 Å². The smallest absolute Gasteiger partial charge is 0.338 e. The van der Waals surface area contributed by atoms with Crippen LogP contribution >= 0.6 is 23.1 Å². The second-order valence-electron chi connectivity index (χ2n) is 9.00. The highest BCUT2D eigenvalue weighted by molar-refractivity contribution is 7.99. The zero-order chi connectivity index (χ0) is 29.1. The maximum atomic E-state index is 14.0. The number of methoxy groups -OCH3 is 1. The fraction of sp³-hybridized carbons (Fsp3) is 0.129. The van der Waals surface area contributed by atoms with Crippen molar-refractivity contribution < 1.29 is 18.7 Å². The number of rotatable bonds is 8. The van der Waals surface area contributed by atoms with Gasteiger partial charge in [-0.3, -0.25) is 9.36 Å². The highest BCUT2D eigenvalue weighted by Crippen LogP contribution is 2.36. The monoisotopic (exact) mass is 596 g/mol. The van der Waals surface area contributed by atoms with E-state index in [1.807, 2.05) is 54.6 Å². The predicted octanol–water partition coefficient (Wildman–Crippen LogP) is 4.48. The van der Waals surface area contributed by atoms with Gasteiger partial charge in [-0.15, -0.1) is 0 Å². The molecule has 1 aliphatic rings. The minimum absolute atomic E-state index is 0.173. The first kappa shape index (κ1) is 27.4. The molecule has 0 fully saturated rings. The van der Waals surface area contributed by atoms with Crippen LogP contribution in [-0.2, 0) is 9.53 Å². The third-order valence-electron chi connectivity index (χ3n) is 6.39. The van der Waals surface area contributed by atoms with Crippen LogP contribution in [0.25, 0.3) is 11.8 Å². The molecule has 0 spiro atoms. The molecule has 0 N–H and O–H groups in total. The lowest BCUT2D eigenvalue weighted by molar-refractivity contribution is -0.138. The summed E-state index contributed by atoms with van der Waals surface area (Å²) in [6.45, 7) is 1.92. The minimum atomic E-state index is -0.800. The van der Waals surface area contributed by atoms with Crippen molar-refractivity contribution in [2.24, 2.45) is 4.99 Å². The molecule has 3 aromatic heterocycles. The number of carbonyl (C=O) groups is 1. The van der Waals surface area contributed by atoms with Crippen molar-refractivity contribution in [3.63, 3.8) is 0 Å². The van der Waals surface area contributed by atoms with Gasteiger partial charge in [-0.25, -0.2) is 19.8 Å².